The summed E-state index contributed by atoms with van der Waals surface area (Å²) in [7, 11) is 0. The number of nitriles is 1. The molecule has 0 bridgehead atoms. The molecule has 1 heterocycles. The molecule has 0 amide bonds. The average Bonchev–Trinajstić information content (AvgIpc) is 2.71. The highest BCUT2D eigenvalue weighted by Crippen LogP contribution is 2.35. The molecule has 28 heavy (non-hydrogen) atoms. The van der Waals surface area contributed by atoms with E-state index in [1.165, 1.54) is 11.8 Å². The third-order valence-corrected chi connectivity index (χ3v) is 5.47. The Bertz CT molecular complexity index is 1060. The Morgan fingerprint density at radius 2 is 1.82 bits per heavy atom. The monoisotopic (exact) mass is 388 g/mol. The largest absolute Gasteiger partial charge is 0.398 e. The van der Waals surface area contributed by atoms with E-state index in [4.69, 9.17) is 11.5 Å². The minimum Gasteiger partial charge on any atom is -0.398 e. The molecular weight excluding hydrogens is 368 g/mol. The Balaban J connectivity index is 2.02. The lowest BCUT2D eigenvalue weighted by Crippen LogP contribution is -2.06. The normalized spacial score (nSPS) is 12.8. The lowest BCUT2D eigenvalue weighted by Gasteiger charge is -2.17. The highest BCUT2D eigenvalue weighted by Gasteiger charge is 2.18. The van der Waals surface area contributed by atoms with Gasteiger partial charge in [-0.2, -0.15) is 5.26 Å². The van der Waals surface area contributed by atoms with E-state index in [0.29, 0.717) is 27.4 Å². The lowest BCUT2D eigenvalue weighted by atomic mass is 9.92. The first-order valence-electron chi connectivity index (χ1n) is 8.63. The second-order valence-electron chi connectivity index (χ2n) is 6.19. The number of aliphatic hydroxyl groups excluding tert-OH is 1. The van der Waals surface area contributed by atoms with Gasteiger partial charge in [0.1, 0.15) is 12.2 Å². The van der Waals surface area contributed by atoms with Gasteiger partial charge in [-0.1, -0.05) is 42.1 Å². The molecule has 6 heteroatoms. The first-order chi connectivity index (χ1) is 13.5. The highest BCUT2D eigenvalue weighted by molar-refractivity contribution is 8.03. The summed E-state index contributed by atoms with van der Waals surface area (Å²) in [5.41, 5.74) is 16.1. The molecule has 5 nitrogen and oxygen atoms in total. The molecule has 0 spiro atoms. The van der Waals surface area contributed by atoms with Gasteiger partial charge >= 0.3 is 0 Å². The van der Waals surface area contributed by atoms with E-state index < -0.39 is 6.10 Å². The van der Waals surface area contributed by atoms with Crippen molar-refractivity contribution in [2.45, 2.75) is 17.9 Å². The Morgan fingerprint density at radius 1 is 1.11 bits per heavy atom. The van der Waals surface area contributed by atoms with Gasteiger partial charge in [-0.25, -0.2) is 0 Å². The van der Waals surface area contributed by atoms with Crippen LogP contribution in [0.5, 0.6) is 0 Å². The molecule has 140 valence electrons. The third-order valence-electron chi connectivity index (χ3n) is 4.46. The molecule has 1 atom stereocenters. The van der Waals surface area contributed by atoms with Crippen molar-refractivity contribution in [3.05, 3.63) is 94.3 Å². The van der Waals surface area contributed by atoms with Gasteiger partial charge in [0, 0.05) is 23.0 Å². The van der Waals surface area contributed by atoms with Crippen molar-refractivity contribution in [3.63, 3.8) is 0 Å². The first-order valence-corrected chi connectivity index (χ1v) is 9.44. The second kappa shape index (κ2) is 8.61. The number of hydrogen-bond acceptors (Lipinski definition) is 6. The van der Waals surface area contributed by atoms with E-state index in [-0.39, 0.29) is 0 Å². The van der Waals surface area contributed by atoms with Gasteiger partial charge in [-0.15, -0.1) is 0 Å². The van der Waals surface area contributed by atoms with Crippen LogP contribution in [0.1, 0.15) is 28.4 Å². The Labute approximate surface area is 168 Å². The predicted molar refractivity (Wildman–Crippen MR) is 113 cm³/mol. The zero-order chi connectivity index (χ0) is 20.1. The molecule has 0 saturated heterocycles. The molecule has 2 aromatic carbocycles. The van der Waals surface area contributed by atoms with Crippen molar-refractivity contribution in [3.8, 4) is 6.07 Å². The Morgan fingerprint density at radius 3 is 2.50 bits per heavy atom. The molecular formula is C22H20N4OS. The van der Waals surface area contributed by atoms with E-state index >= 15 is 0 Å². The van der Waals surface area contributed by atoms with Gasteiger partial charge < -0.3 is 16.6 Å². The molecule has 0 aliphatic heterocycles. The average molecular weight is 388 g/mol. The lowest BCUT2D eigenvalue weighted by molar-refractivity contribution is 0.219. The molecule has 5 N–H and O–H groups in total. The van der Waals surface area contributed by atoms with Crippen molar-refractivity contribution in [1.82, 2.24) is 4.98 Å². The quantitative estimate of drug-likeness (QED) is 0.346. The number of nitrogens with zero attached hydrogens (tertiary/aromatic N) is 2. The molecule has 3 rings (SSSR count). The van der Waals surface area contributed by atoms with Crippen LogP contribution in [0.4, 0.5) is 5.69 Å². The number of aliphatic hydroxyl groups is 1. The number of aromatic nitrogens is 1. The van der Waals surface area contributed by atoms with Gasteiger partial charge in [0.05, 0.1) is 10.6 Å². The number of benzene rings is 2. The van der Waals surface area contributed by atoms with Crippen LogP contribution in [0.25, 0.3) is 5.57 Å². The van der Waals surface area contributed by atoms with Crippen LogP contribution in [0.15, 0.2) is 76.9 Å². The summed E-state index contributed by atoms with van der Waals surface area (Å²) in [6.45, 7) is 1.88. The Kier molecular flexibility index (Phi) is 5.99. The molecule has 3 aromatic rings. The van der Waals surface area contributed by atoms with Crippen LogP contribution in [-0.4, -0.2) is 10.1 Å². The van der Waals surface area contributed by atoms with Gasteiger partial charge in [0.25, 0.3) is 0 Å². The fourth-order valence-electron chi connectivity index (χ4n) is 2.94. The summed E-state index contributed by atoms with van der Waals surface area (Å²) >= 11 is 1.26. The van der Waals surface area contributed by atoms with E-state index in [9.17, 15) is 10.4 Å². The summed E-state index contributed by atoms with van der Waals surface area (Å²) in [6, 6.07) is 18.6. The van der Waals surface area contributed by atoms with Crippen molar-refractivity contribution in [1.29, 1.82) is 5.26 Å². The number of allylic oxidation sites excluding steroid dienone is 1. The second-order valence-corrected chi connectivity index (χ2v) is 7.28. The Hall–Kier alpha value is -3.27. The molecule has 0 aliphatic carbocycles. The number of anilines is 1. The molecule has 0 saturated carbocycles. The van der Waals surface area contributed by atoms with E-state index in [0.717, 1.165) is 16.0 Å². The number of thioether (sulfide) groups is 1. The summed E-state index contributed by atoms with van der Waals surface area (Å²) in [4.78, 5) is 4.77. The minimum absolute atomic E-state index is 0.356. The fraction of sp³-hybridized carbons (Fsp3) is 0.0909. The SMILES string of the molecule is Cc1c(/C(C#N)=C(/N)Sc2ccccc2N)cccc1C(O)c1ccncc1. The fourth-order valence-corrected chi connectivity index (χ4v) is 3.76. The topological polar surface area (TPSA) is 109 Å². The highest BCUT2D eigenvalue weighted by atomic mass is 32.2. The van der Waals surface area contributed by atoms with Crippen LogP contribution in [-0.2, 0) is 0 Å². The number of nitrogens with two attached hydrogens (primary N) is 2. The number of hydrogen-bond donors (Lipinski definition) is 3. The maximum atomic E-state index is 10.8. The van der Waals surface area contributed by atoms with Gasteiger partial charge in [-0.05, 0) is 53.4 Å². The maximum Gasteiger partial charge on any atom is 0.104 e. The number of nitrogen functional groups attached to an aromatic ring is 1. The molecule has 0 aliphatic rings. The summed E-state index contributed by atoms with van der Waals surface area (Å²) in [5, 5.41) is 20.9. The zero-order valence-electron chi connectivity index (χ0n) is 15.3. The number of pyridine rings is 1. The van der Waals surface area contributed by atoms with Crippen molar-refractivity contribution in [2.24, 2.45) is 5.73 Å². The molecule has 0 radical (unpaired) electrons. The van der Waals surface area contributed by atoms with E-state index in [1.807, 2.05) is 43.3 Å². The number of rotatable bonds is 5. The van der Waals surface area contributed by atoms with Crippen LogP contribution in [0.2, 0.25) is 0 Å². The van der Waals surface area contributed by atoms with Gasteiger partial charge in [-0.3, -0.25) is 4.98 Å². The maximum absolute atomic E-state index is 10.8. The standard InChI is InChI=1S/C22H20N4OS/c1-14-16(5-4-6-17(14)21(27)15-9-11-26-12-10-15)18(13-23)22(25)28-20-8-3-2-7-19(20)24/h2-12,21,27H,24-25H2,1H3/b22-18-. The smallest absolute Gasteiger partial charge is 0.104 e. The van der Waals surface area contributed by atoms with Crippen molar-refractivity contribution >= 4 is 23.0 Å². The zero-order valence-corrected chi connectivity index (χ0v) is 16.1. The third kappa shape index (κ3) is 4.01. The van der Waals surface area contributed by atoms with Crippen molar-refractivity contribution in [2.75, 3.05) is 5.73 Å². The number of para-hydroxylation sites is 1. The van der Waals surface area contributed by atoms with Gasteiger partial charge in [0.2, 0.25) is 0 Å². The van der Waals surface area contributed by atoms with Crippen LogP contribution in [0.3, 0.4) is 0 Å². The molecule has 1 unspecified atom stereocenters. The summed E-state index contributed by atoms with van der Waals surface area (Å²) < 4.78 is 0. The van der Waals surface area contributed by atoms with Crippen LogP contribution < -0.4 is 11.5 Å². The van der Waals surface area contributed by atoms with E-state index in [2.05, 4.69) is 11.1 Å². The van der Waals surface area contributed by atoms with E-state index in [1.54, 1.807) is 30.6 Å². The van der Waals surface area contributed by atoms with Crippen LogP contribution in [0, 0.1) is 18.3 Å². The van der Waals surface area contributed by atoms with Gasteiger partial charge in [0.15, 0.2) is 0 Å². The summed E-state index contributed by atoms with van der Waals surface area (Å²) in [6.07, 6.45) is 2.45. The summed E-state index contributed by atoms with van der Waals surface area (Å²) in [5.74, 6) is 0. The molecule has 0 fully saturated rings. The van der Waals surface area contributed by atoms with Crippen molar-refractivity contribution < 1.29 is 5.11 Å². The van der Waals surface area contributed by atoms with Crippen LogP contribution >= 0.6 is 11.8 Å². The minimum atomic E-state index is -0.818. The molecule has 1 aromatic heterocycles. The predicted octanol–water partition coefficient (Wildman–Crippen LogP) is 4.00. The first kappa shape index (κ1) is 19.5.